The fourth-order valence-electron chi connectivity index (χ4n) is 3.17. The monoisotopic (exact) mass is 423 g/mol. The molecule has 0 aliphatic carbocycles. The fraction of sp³-hybridized carbons (Fsp3) is 0.500. The van der Waals surface area contributed by atoms with Gasteiger partial charge in [-0.2, -0.15) is 0 Å². The maximum absolute atomic E-state index is 10.5. The maximum Gasteiger partial charge on any atom is 0.133 e. The quantitative estimate of drug-likeness (QED) is 0.664. The summed E-state index contributed by atoms with van der Waals surface area (Å²) >= 11 is 3.46. The highest BCUT2D eigenvalue weighted by atomic mass is 79.9. The molecule has 3 rings (SSSR count). The van der Waals surface area contributed by atoms with Crippen LogP contribution in [0.3, 0.4) is 0 Å². The molecule has 0 spiro atoms. The predicted octanol–water partition coefficient (Wildman–Crippen LogP) is 3.77. The summed E-state index contributed by atoms with van der Waals surface area (Å²) in [4.78, 5) is 2.18. The number of aliphatic hydroxyl groups is 1. The van der Waals surface area contributed by atoms with Gasteiger partial charge in [-0.15, -0.1) is 0 Å². The van der Waals surface area contributed by atoms with E-state index >= 15 is 0 Å². The number of halogens is 1. The number of rotatable bonds is 9. The van der Waals surface area contributed by atoms with Crippen LogP contribution in [0.15, 0.2) is 45.3 Å². The standard InChI is InChI=1S/C20H26BrNO4/c1-15-8-9-18(26-15)13-22(12-17-5-4-10-24-17)11-16(23)14-25-20-7-3-2-6-19(20)21/h2-3,6-9,16-17,23H,4-5,10-14H2,1H3. The van der Waals surface area contributed by atoms with Crippen molar-refractivity contribution in [1.82, 2.24) is 4.90 Å². The first-order valence-electron chi connectivity index (χ1n) is 9.05. The van der Waals surface area contributed by atoms with Crippen molar-refractivity contribution in [3.63, 3.8) is 0 Å². The Hall–Kier alpha value is -1.34. The van der Waals surface area contributed by atoms with Crippen molar-refractivity contribution in [2.24, 2.45) is 0 Å². The molecule has 1 fully saturated rings. The average Bonchev–Trinajstić information content (AvgIpc) is 3.26. The molecule has 0 bridgehead atoms. The third kappa shape index (κ3) is 5.84. The van der Waals surface area contributed by atoms with Crippen molar-refractivity contribution in [3.8, 4) is 5.75 Å². The molecule has 1 saturated heterocycles. The summed E-state index contributed by atoms with van der Waals surface area (Å²) in [5.74, 6) is 2.54. The van der Waals surface area contributed by atoms with Crippen LogP contribution in [0.2, 0.25) is 0 Å². The second-order valence-corrected chi connectivity index (χ2v) is 7.59. The SMILES string of the molecule is Cc1ccc(CN(CC(O)COc2ccccc2Br)CC2CCCO2)o1. The highest BCUT2D eigenvalue weighted by Gasteiger charge is 2.22. The number of nitrogens with zero attached hydrogens (tertiary/aromatic N) is 1. The molecule has 142 valence electrons. The summed E-state index contributed by atoms with van der Waals surface area (Å²) in [5, 5.41) is 10.5. The molecular formula is C20H26BrNO4. The van der Waals surface area contributed by atoms with Gasteiger partial charge in [0.05, 0.1) is 17.1 Å². The molecule has 5 nitrogen and oxygen atoms in total. The van der Waals surface area contributed by atoms with E-state index in [-0.39, 0.29) is 12.7 Å². The van der Waals surface area contributed by atoms with E-state index in [1.54, 1.807) is 0 Å². The van der Waals surface area contributed by atoms with Gasteiger partial charge in [0.15, 0.2) is 0 Å². The van der Waals surface area contributed by atoms with E-state index in [0.717, 1.165) is 47.7 Å². The largest absolute Gasteiger partial charge is 0.490 e. The van der Waals surface area contributed by atoms with E-state index in [4.69, 9.17) is 13.9 Å². The van der Waals surface area contributed by atoms with Crippen molar-refractivity contribution in [2.45, 2.75) is 38.5 Å². The van der Waals surface area contributed by atoms with Crippen LogP contribution in [0.25, 0.3) is 0 Å². The van der Waals surface area contributed by atoms with Crippen LogP contribution in [0.4, 0.5) is 0 Å². The number of hydrogen-bond acceptors (Lipinski definition) is 5. The van der Waals surface area contributed by atoms with Gasteiger partial charge in [0.25, 0.3) is 0 Å². The van der Waals surface area contributed by atoms with Gasteiger partial charge in [-0.25, -0.2) is 0 Å². The minimum atomic E-state index is -0.598. The Bertz CT molecular complexity index is 684. The smallest absolute Gasteiger partial charge is 0.133 e. The molecule has 6 heteroatoms. The lowest BCUT2D eigenvalue weighted by Crippen LogP contribution is -2.39. The zero-order valence-electron chi connectivity index (χ0n) is 15.1. The van der Waals surface area contributed by atoms with Gasteiger partial charge in [-0.1, -0.05) is 12.1 Å². The topological polar surface area (TPSA) is 55.1 Å². The summed E-state index contributed by atoms with van der Waals surface area (Å²) in [6.45, 7) is 4.94. The van der Waals surface area contributed by atoms with Crippen LogP contribution in [0.1, 0.15) is 24.4 Å². The molecule has 2 heterocycles. The third-order valence-corrected chi connectivity index (χ3v) is 5.05. The van der Waals surface area contributed by atoms with E-state index in [0.29, 0.717) is 13.1 Å². The molecule has 0 radical (unpaired) electrons. The van der Waals surface area contributed by atoms with E-state index in [1.807, 2.05) is 43.3 Å². The Kier molecular flexibility index (Phi) is 7.14. The van der Waals surface area contributed by atoms with Crippen molar-refractivity contribution in [2.75, 3.05) is 26.3 Å². The highest BCUT2D eigenvalue weighted by molar-refractivity contribution is 9.10. The van der Waals surface area contributed by atoms with Crippen molar-refractivity contribution >= 4 is 15.9 Å². The Balaban J connectivity index is 1.55. The number of aryl methyl sites for hydroxylation is 1. The molecule has 0 amide bonds. The lowest BCUT2D eigenvalue weighted by Gasteiger charge is -2.26. The summed E-state index contributed by atoms with van der Waals surface area (Å²) in [6.07, 6.45) is 1.80. The Labute approximate surface area is 163 Å². The molecule has 1 aromatic carbocycles. The minimum absolute atomic E-state index is 0.224. The van der Waals surface area contributed by atoms with E-state index < -0.39 is 6.10 Å². The molecule has 2 unspecified atom stereocenters. The molecule has 1 N–H and O–H groups in total. The average molecular weight is 424 g/mol. The number of aliphatic hydroxyl groups excluding tert-OH is 1. The van der Waals surface area contributed by atoms with Crippen molar-refractivity contribution in [3.05, 3.63) is 52.4 Å². The number of benzene rings is 1. The van der Waals surface area contributed by atoms with Crippen LogP contribution in [-0.2, 0) is 11.3 Å². The van der Waals surface area contributed by atoms with E-state index in [9.17, 15) is 5.11 Å². The van der Waals surface area contributed by atoms with Crippen LogP contribution in [-0.4, -0.2) is 48.5 Å². The number of furan rings is 1. The van der Waals surface area contributed by atoms with Crippen LogP contribution < -0.4 is 4.74 Å². The Morgan fingerprint density at radius 3 is 2.85 bits per heavy atom. The van der Waals surface area contributed by atoms with Gasteiger partial charge in [0, 0.05) is 19.7 Å². The Morgan fingerprint density at radius 2 is 2.15 bits per heavy atom. The summed E-state index contributed by atoms with van der Waals surface area (Å²) in [7, 11) is 0. The predicted molar refractivity (Wildman–Crippen MR) is 103 cm³/mol. The van der Waals surface area contributed by atoms with Gasteiger partial charge in [0.1, 0.15) is 30.0 Å². The normalized spacial score (nSPS) is 18.4. The van der Waals surface area contributed by atoms with Crippen molar-refractivity contribution in [1.29, 1.82) is 0 Å². The second kappa shape index (κ2) is 9.55. The summed E-state index contributed by atoms with van der Waals surface area (Å²) in [5.41, 5.74) is 0. The van der Waals surface area contributed by atoms with Crippen LogP contribution >= 0.6 is 15.9 Å². The second-order valence-electron chi connectivity index (χ2n) is 6.74. The van der Waals surface area contributed by atoms with Crippen molar-refractivity contribution < 1.29 is 19.0 Å². The summed E-state index contributed by atoms with van der Waals surface area (Å²) in [6, 6.07) is 11.6. The molecule has 1 aliphatic rings. The third-order valence-electron chi connectivity index (χ3n) is 4.40. The number of para-hydroxylation sites is 1. The minimum Gasteiger partial charge on any atom is -0.490 e. The van der Waals surface area contributed by atoms with Gasteiger partial charge < -0.3 is 19.0 Å². The molecule has 0 saturated carbocycles. The first kappa shape index (κ1) is 19.4. The fourth-order valence-corrected chi connectivity index (χ4v) is 3.57. The van der Waals surface area contributed by atoms with Crippen LogP contribution in [0, 0.1) is 6.92 Å². The molecule has 26 heavy (non-hydrogen) atoms. The zero-order chi connectivity index (χ0) is 18.4. The molecule has 1 aromatic heterocycles. The van der Waals surface area contributed by atoms with E-state index in [1.165, 1.54) is 0 Å². The first-order valence-corrected chi connectivity index (χ1v) is 9.84. The van der Waals surface area contributed by atoms with Gasteiger partial charge in [-0.3, -0.25) is 4.90 Å². The maximum atomic E-state index is 10.5. The van der Waals surface area contributed by atoms with Gasteiger partial charge in [-0.05, 0) is 60.0 Å². The molecule has 2 atom stereocenters. The molecular weight excluding hydrogens is 398 g/mol. The highest BCUT2D eigenvalue weighted by Crippen LogP contribution is 2.24. The lowest BCUT2D eigenvalue weighted by molar-refractivity contribution is 0.0288. The van der Waals surface area contributed by atoms with Crippen LogP contribution in [0.5, 0.6) is 5.75 Å². The number of hydrogen-bond donors (Lipinski definition) is 1. The molecule has 1 aliphatic heterocycles. The van der Waals surface area contributed by atoms with Gasteiger partial charge >= 0.3 is 0 Å². The van der Waals surface area contributed by atoms with E-state index in [2.05, 4.69) is 20.8 Å². The Morgan fingerprint density at radius 1 is 1.31 bits per heavy atom. The number of ether oxygens (including phenoxy) is 2. The summed E-state index contributed by atoms with van der Waals surface area (Å²) < 4.78 is 18.1. The molecule has 2 aromatic rings. The lowest BCUT2D eigenvalue weighted by atomic mass is 10.2. The van der Waals surface area contributed by atoms with Gasteiger partial charge in [0.2, 0.25) is 0 Å². The zero-order valence-corrected chi connectivity index (χ0v) is 16.7. The first-order chi connectivity index (χ1) is 12.6.